The van der Waals surface area contributed by atoms with E-state index in [-0.39, 0.29) is 5.69 Å². The first-order valence-electron chi connectivity index (χ1n) is 3.33. The van der Waals surface area contributed by atoms with Gasteiger partial charge in [-0.3, -0.25) is 4.98 Å². The topological polar surface area (TPSA) is 42.4 Å². The van der Waals surface area contributed by atoms with Crippen LogP contribution in [0.3, 0.4) is 0 Å². The molecule has 6 heteroatoms. The molecule has 1 aromatic heterocycles. The summed E-state index contributed by atoms with van der Waals surface area (Å²) in [6, 6.07) is 0.918. The third-order valence-corrected chi connectivity index (χ3v) is 1.25. The summed E-state index contributed by atoms with van der Waals surface area (Å²) in [5, 5.41) is 8.56. The molecular formula is C7H6F3NO2. The smallest absolute Gasteiger partial charge is 0.387 e. The van der Waals surface area contributed by atoms with Crippen LogP contribution < -0.4 is 4.74 Å². The minimum Gasteiger partial charge on any atom is -0.432 e. The molecule has 0 unspecified atom stereocenters. The number of ether oxygens (including phenoxy) is 1. The van der Waals surface area contributed by atoms with Crippen molar-refractivity contribution in [2.24, 2.45) is 0 Å². The molecule has 13 heavy (non-hydrogen) atoms. The summed E-state index contributed by atoms with van der Waals surface area (Å²) < 4.78 is 39.8. The number of aromatic nitrogens is 1. The van der Waals surface area contributed by atoms with Crippen LogP contribution in [0.2, 0.25) is 0 Å². The van der Waals surface area contributed by atoms with Gasteiger partial charge in [0.25, 0.3) is 0 Å². The van der Waals surface area contributed by atoms with E-state index in [0.717, 1.165) is 6.07 Å². The Balaban J connectivity index is 2.90. The van der Waals surface area contributed by atoms with Gasteiger partial charge >= 0.3 is 6.61 Å². The normalized spacial score (nSPS) is 10.5. The van der Waals surface area contributed by atoms with E-state index in [1.807, 2.05) is 0 Å². The van der Waals surface area contributed by atoms with Crippen molar-refractivity contribution in [2.75, 3.05) is 0 Å². The van der Waals surface area contributed by atoms with Gasteiger partial charge in [0, 0.05) is 6.07 Å². The molecular weight excluding hydrogens is 187 g/mol. The van der Waals surface area contributed by atoms with E-state index in [2.05, 4.69) is 9.72 Å². The van der Waals surface area contributed by atoms with Crippen LogP contribution >= 0.6 is 0 Å². The van der Waals surface area contributed by atoms with E-state index in [9.17, 15) is 13.2 Å². The standard InChI is InChI=1S/C7H6F3NO2/c8-5-2-11-4(3-12)1-6(5)13-7(9)10/h1-2,7,12H,3H2. The van der Waals surface area contributed by atoms with Crippen LogP contribution in [0.4, 0.5) is 13.2 Å². The lowest BCUT2D eigenvalue weighted by Gasteiger charge is -2.05. The van der Waals surface area contributed by atoms with E-state index in [1.54, 1.807) is 0 Å². The maximum Gasteiger partial charge on any atom is 0.387 e. The van der Waals surface area contributed by atoms with Gasteiger partial charge in [0.1, 0.15) is 0 Å². The summed E-state index contributed by atoms with van der Waals surface area (Å²) in [5.41, 5.74) is 0.0667. The Morgan fingerprint density at radius 1 is 1.54 bits per heavy atom. The predicted octanol–water partition coefficient (Wildman–Crippen LogP) is 1.31. The van der Waals surface area contributed by atoms with E-state index >= 15 is 0 Å². The van der Waals surface area contributed by atoms with Crippen LogP contribution in [-0.2, 0) is 6.61 Å². The Morgan fingerprint density at radius 3 is 2.77 bits per heavy atom. The summed E-state index contributed by atoms with van der Waals surface area (Å²) in [4.78, 5) is 3.41. The van der Waals surface area contributed by atoms with Crippen molar-refractivity contribution in [3.63, 3.8) is 0 Å². The van der Waals surface area contributed by atoms with Gasteiger partial charge in [0.2, 0.25) is 0 Å². The van der Waals surface area contributed by atoms with E-state index in [0.29, 0.717) is 6.20 Å². The highest BCUT2D eigenvalue weighted by atomic mass is 19.3. The maximum atomic E-state index is 12.7. The van der Waals surface area contributed by atoms with Gasteiger partial charge in [0.05, 0.1) is 18.5 Å². The summed E-state index contributed by atoms with van der Waals surface area (Å²) in [5.74, 6) is -1.61. The number of aliphatic hydroxyl groups excluding tert-OH is 1. The van der Waals surface area contributed by atoms with Crippen molar-refractivity contribution in [2.45, 2.75) is 13.2 Å². The monoisotopic (exact) mass is 193 g/mol. The Morgan fingerprint density at radius 2 is 2.23 bits per heavy atom. The second-order valence-corrected chi connectivity index (χ2v) is 2.14. The van der Waals surface area contributed by atoms with Crippen molar-refractivity contribution < 1.29 is 23.0 Å². The predicted molar refractivity (Wildman–Crippen MR) is 36.7 cm³/mol. The molecule has 72 valence electrons. The van der Waals surface area contributed by atoms with Crippen molar-refractivity contribution in [1.29, 1.82) is 0 Å². The molecule has 1 heterocycles. The van der Waals surface area contributed by atoms with Gasteiger partial charge < -0.3 is 9.84 Å². The minimum atomic E-state index is -3.09. The molecule has 1 rings (SSSR count). The second-order valence-electron chi connectivity index (χ2n) is 2.14. The number of hydrogen-bond acceptors (Lipinski definition) is 3. The van der Waals surface area contributed by atoms with E-state index < -0.39 is 24.8 Å². The molecule has 0 radical (unpaired) electrons. The highest BCUT2D eigenvalue weighted by molar-refractivity contribution is 5.24. The number of alkyl halides is 2. The number of aliphatic hydroxyl groups is 1. The molecule has 0 fully saturated rings. The SMILES string of the molecule is OCc1cc(OC(F)F)c(F)cn1. The summed E-state index contributed by atoms with van der Waals surface area (Å²) in [7, 11) is 0. The zero-order chi connectivity index (χ0) is 9.84. The lowest BCUT2D eigenvalue weighted by atomic mass is 10.3. The lowest BCUT2D eigenvalue weighted by molar-refractivity contribution is -0.0523. The number of rotatable bonds is 3. The molecule has 0 saturated carbocycles. The van der Waals surface area contributed by atoms with Crippen LogP contribution in [0.25, 0.3) is 0 Å². The zero-order valence-electron chi connectivity index (χ0n) is 6.38. The quantitative estimate of drug-likeness (QED) is 0.787. The van der Waals surface area contributed by atoms with Crippen LogP contribution in [-0.4, -0.2) is 16.7 Å². The van der Waals surface area contributed by atoms with Gasteiger partial charge in [-0.1, -0.05) is 0 Å². The number of halogens is 3. The average molecular weight is 193 g/mol. The molecule has 1 N–H and O–H groups in total. The fraction of sp³-hybridized carbons (Fsp3) is 0.286. The van der Waals surface area contributed by atoms with Gasteiger partial charge in [-0.2, -0.15) is 8.78 Å². The summed E-state index contributed by atoms with van der Waals surface area (Å²) in [6.07, 6.45) is 0.712. The highest BCUT2D eigenvalue weighted by Crippen LogP contribution is 2.18. The molecule has 0 aliphatic rings. The van der Waals surface area contributed by atoms with Crippen molar-refractivity contribution >= 4 is 0 Å². The van der Waals surface area contributed by atoms with Crippen LogP contribution in [0.1, 0.15) is 5.69 Å². The molecule has 0 atom stereocenters. The first kappa shape index (κ1) is 9.79. The fourth-order valence-corrected chi connectivity index (χ4v) is 0.733. The Bertz CT molecular complexity index is 293. The van der Waals surface area contributed by atoms with Gasteiger partial charge in [-0.15, -0.1) is 0 Å². The number of hydrogen-bond donors (Lipinski definition) is 1. The van der Waals surface area contributed by atoms with Gasteiger partial charge in [-0.05, 0) is 0 Å². The van der Waals surface area contributed by atoms with Crippen LogP contribution in [0.5, 0.6) is 5.75 Å². The average Bonchev–Trinajstić information content (AvgIpc) is 2.08. The van der Waals surface area contributed by atoms with E-state index in [1.165, 1.54) is 0 Å². The lowest BCUT2D eigenvalue weighted by Crippen LogP contribution is -2.05. The second kappa shape index (κ2) is 4.08. The van der Waals surface area contributed by atoms with Crippen molar-refractivity contribution in [3.8, 4) is 5.75 Å². The van der Waals surface area contributed by atoms with Crippen molar-refractivity contribution in [1.82, 2.24) is 4.98 Å². The third-order valence-electron chi connectivity index (χ3n) is 1.25. The summed E-state index contributed by atoms with van der Waals surface area (Å²) >= 11 is 0. The highest BCUT2D eigenvalue weighted by Gasteiger charge is 2.10. The number of nitrogens with zero attached hydrogens (tertiary/aromatic N) is 1. The first-order valence-corrected chi connectivity index (χ1v) is 3.33. The number of pyridine rings is 1. The van der Waals surface area contributed by atoms with E-state index in [4.69, 9.17) is 5.11 Å². The molecule has 3 nitrogen and oxygen atoms in total. The van der Waals surface area contributed by atoms with Gasteiger partial charge in [0.15, 0.2) is 11.6 Å². The largest absolute Gasteiger partial charge is 0.432 e. The minimum absolute atomic E-state index is 0.0667. The molecule has 0 saturated heterocycles. The zero-order valence-corrected chi connectivity index (χ0v) is 6.38. The molecule has 1 aromatic rings. The van der Waals surface area contributed by atoms with Gasteiger partial charge in [-0.25, -0.2) is 4.39 Å². The first-order chi connectivity index (χ1) is 6.13. The third kappa shape index (κ3) is 2.59. The Labute approximate surface area is 71.8 Å². The summed E-state index contributed by atoms with van der Waals surface area (Å²) in [6.45, 7) is -3.55. The molecule has 0 aromatic carbocycles. The molecule has 0 aliphatic carbocycles. The molecule has 0 spiro atoms. The Hall–Kier alpha value is -1.30. The van der Waals surface area contributed by atoms with Crippen LogP contribution in [0.15, 0.2) is 12.3 Å². The van der Waals surface area contributed by atoms with Crippen molar-refractivity contribution in [3.05, 3.63) is 23.8 Å². The fourth-order valence-electron chi connectivity index (χ4n) is 0.733. The molecule has 0 amide bonds. The maximum absolute atomic E-state index is 12.7. The van der Waals surface area contributed by atoms with Crippen LogP contribution in [0, 0.1) is 5.82 Å². The molecule has 0 bridgehead atoms. The molecule has 0 aliphatic heterocycles. The Kier molecular flexibility index (Phi) is 3.07.